The van der Waals surface area contributed by atoms with E-state index in [1.54, 1.807) is 24.1 Å². The first-order chi connectivity index (χ1) is 8.04. The first-order valence-electron chi connectivity index (χ1n) is 5.70. The molecule has 0 aliphatic rings. The van der Waals surface area contributed by atoms with Crippen LogP contribution in [0.5, 0.6) is 0 Å². The zero-order valence-electron chi connectivity index (χ0n) is 10.6. The molecule has 1 amide bonds. The number of rotatable bonds is 6. The van der Waals surface area contributed by atoms with Crippen molar-refractivity contribution in [3.8, 4) is 0 Å². The Hall–Kier alpha value is -1.33. The summed E-state index contributed by atoms with van der Waals surface area (Å²) in [6.07, 6.45) is 0.172. The highest BCUT2D eigenvalue weighted by atomic mass is 16.5. The molecular formula is C12H20N2O3. The van der Waals surface area contributed by atoms with Gasteiger partial charge in [0.2, 0.25) is 0 Å². The van der Waals surface area contributed by atoms with Crippen LogP contribution in [0.4, 0.5) is 0 Å². The van der Waals surface area contributed by atoms with Crippen molar-refractivity contribution in [1.82, 2.24) is 4.90 Å². The Morgan fingerprint density at radius 2 is 2.24 bits per heavy atom. The normalized spacial score (nSPS) is 10.9. The van der Waals surface area contributed by atoms with Gasteiger partial charge in [-0.2, -0.15) is 0 Å². The molecule has 0 aliphatic carbocycles. The molecule has 0 radical (unpaired) electrons. The SMILES string of the molecule is CC(C)OCCN(C)C(=O)c1ccc(CN)o1. The molecule has 1 rings (SSSR count). The fourth-order valence-electron chi connectivity index (χ4n) is 1.32. The second-order valence-electron chi connectivity index (χ2n) is 4.12. The summed E-state index contributed by atoms with van der Waals surface area (Å²) in [6.45, 7) is 5.28. The number of ether oxygens (including phenoxy) is 1. The highest BCUT2D eigenvalue weighted by molar-refractivity contribution is 5.91. The van der Waals surface area contributed by atoms with E-state index in [2.05, 4.69) is 0 Å². The third-order valence-corrected chi connectivity index (χ3v) is 2.30. The Labute approximate surface area is 102 Å². The van der Waals surface area contributed by atoms with Crippen LogP contribution in [-0.2, 0) is 11.3 Å². The number of likely N-dealkylation sites (N-methyl/N-ethyl adjacent to an activating group) is 1. The smallest absolute Gasteiger partial charge is 0.289 e. The average Bonchev–Trinajstić information content (AvgIpc) is 2.75. The zero-order chi connectivity index (χ0) is 12.8. The molecule has 1 aromatic heterocycles. The maximum absolute atomic E-state index is 11.9. The molecule has 5 heteroatoms. The Bertz CT molecular complexity index is 360. The summed E-state index contributed by atoms with van der Waals surface area (Å²) in [6, 6.07) is 3.36. The lowest BCUT2D eigenvalue weighted by molar-refractivity contribution is 0.0514. The molecule has 17 heavy (non-hydrogen) atoms. The van der Waals surface area contributed by atoms with E-state index >= 15 is 0 Å². The average molecular weight is 240 g/mol. The highest BCUT2D eigenvalue weighted by Crippen LogP contribution is 2.09. The van der Waals surface area contributed by atoms with E-state index in [-0.39, 0.29) is 12.0 Å². The van der Waals surface area contributed by atoms with E-state index < -0.39 is 0 Å². The number of furan rings is 1. The largest absolute Gasteiger partial charge is 0.455 e. The van der Waals surface area contributed by atoms with Crippen molar-refractivity contribution in [2.75, 3.05) is 20.2 Å². The molecule has 96 valence electrons. The fraction of sp³-hybridized carbons (Fsp3) is 0.583. The predicted octanol–water partition coefficient (Wildman–Crippen LogP) is 1.24. The summed E-state index contributed by atoms with van der Waals surface area (Å²) < 4.78 is 10.7. The molecule has 0 unspecified atom stereocenters. The van der Waals surface area contributed by atoms with Gasteiger partial charge in [0.25, 0.3) is 5.91 Å². The minimum Gasteiger partial charge on any atom is -0.455 e. The van der Waals surface area contributed by atoms with Crippen molar-refractivity contribution in [3.63, 3.8) is 0 Å². The molecule has 0 saturated carbocycles. The number of carbonyl (C=O) groups is 1. The predicted molar refractivity (Wildman–Crippen MR) is 64.6 cm³/mol. The van der Waals surface area contributed by atoms with Gasteiger partial charge in [-0.15, -0.1) is 0 Å². The van der Waals surface area contributed by atoms with E-state index in [1.807, 2.05) is 13.8 Å². The van der Waals surface area contributed by atoms with Gasteiger partial charge in [-0.1, -0.05) is 0 Å². The summed E-state index contributed by atoms with van der Waals surface area (Å²) in [4.78, 5) is 13.5. The van der Waals surface area contributed by atoms with Crippen LogP contribution in [0.3, 0.4) is 0 Å². The van der Waals surface area contributed by atoms with Gasteiger partial charge in [-0.3, -0.25) is 4.79 Å². The molecule has 0 fully saturated rings. The number of nitrogens with zero attached hydrogens (tertiary/aromatic N) is 1. The van der Waals surface area contributed by atoms with E-state index in [0.29, 0.717) is 31.2 Å². The molecule has 5 nitrogen and oxygen atoms in total. The second-order valence-corrected chi connectivity index (χ2v) is 4.12. The van der Waals surface area contributed by atoms with Gasteiger partial charge in [0.15, 0.2) is 5.76 Å². The lowest BCUT2D eigenvalue weighted by atomic mass is 10.4. The van der Waals surface area contributed by atoms with Gasteiger partial charge in [-0.25, -0.2) is 0 Å². The van der Waals surface area contributed by atoms with Gasteiger partial charge in [0.05, 0.1) is 19.3 Å². The highest BCUT2D eigenvalue weighted by Gasteiger charge is 2.15. The fourth-order valence-corrected chi connectivity index (χ4v) is 1.32. The van der Waals surface area contributed by atoms with E-state index in [9.17, 15) is 4.79 Å². The first-order valence-corrected chi connectivity index (χ1v) is 5.70. The van der Waals surface area contributed by atoms with Crippen LogP contribution < -0.4 is 5.73 Å². The Morgan fingerprint density at radius 3 is 2.76 bits per heavy atom. The molecular weight excluding hydrogens is 220 g/mol. The van der Waals surface area contributed by atoms with Crippen molar-refractivity contribution in [2.24, 2.45) is 5.73 Å². The maximum Gasteiger partial charge on any atom is 0.289 e. The second kappa shape index (κ2) is 6.42. The Morgan fingerprint density at radius 1 is 1.53 bits per heavy atom. The van der Waals surface area contributed by atoms with Crippen LogP contribution >= 0.6 is 0 Å². The molecule has 0 saturated heterocycles. The number of carbonyl (C=O) groups excluding carboxylic acids is 1. The summed E-state index contributed by atoms with van der Waals surface area (Å²) >= 11 is 0. The Balaban J connectivity index is 2.46. The standard InChI is InChI=1S/C12H20N2O3/c1-9(2)16-7-6-14(3)12(15)11-5-4-10(8-13)17-11/h4-5,9H,6-8,13H2,1-3H3. The van der Waals surface area contributed by atoms with E-state index in [1.165, 1.54) is 0 Å². The van der Waals surface area contributed by atoms with Crippen molar-refractivity contribution >= 4 is 5.91 Å². The van der Waals surface area contributed by atoms with Crippen molar-refractivity contribution < 1.29 is 13.9 Å². The number of hydrogen-bond donors (Lipinski definition) is 1. The van der Waals surface area contributed by atoms with Crippen molar-refractivity contribution in [2.45, 2.75) is 26.5 Å². The van der Waals surface area contributed by atoms with Crippen LogP contribution in [0.2, 0.25) is 0 Å². The lowest BCUT2D eigenvalue weighted by Crippen LogP contribution is -2.30. The van der Waals surface area contributed by atoms with E-state index in [0.717, 1.165) is 0 Å². The molecule has 0 spiro atoms. The topological polar surface area (TPSA) is 68.7 Å². The van der Waals surface area contributed by atoms with Crippen LogP contribution in [0.25, 0.3) is 0 Å². The first kappa shape index (κ1) is 13.7. The molecule has 2 N–H and O–H groups in total. The van der Waals surface area contributed by atoms with Crippen LogP contribution in [0.1, 0.15) is 30.2 Å². The monoisotopic (exact) mass is 240 g/mol. The van der Waals surface area contributed by atoms with Gasteiger partial charge in [-0.05, 0) is 26.0 Å². The van der Waals surface area contributed by atoms with Crippen LogP contribution in [0.15, 0.2) is 16.5 Å². The van der Waals surface area contributed by atoms with Gasteiger partial charge >= 0.3 is 0 Å². The van der Waals surface area contributed by atoms with Crippen molar-refractivity contribution in [3.05, 3.63) is 23.7 Å². The summed E-state index contributed by atoms with van der Waals surface area (Å²) in [5, 5.41) is 0. The molecule has 0 aliphatic heterocycles. The number of nitrogens with two attached hydrogens (primary N) is 1. The summed E-state index contributed by atoms with van der Waals surface area (Å²) in [5.41, 5.74) is 5.41. The molecule has 0 aromatic carbocycles. The van der Waals surface area contributed by atoms with Gasteiger partial charge < -0.3 is 19.8 Å². The molecule has 0 atom stereocenters. The number of amides is 1. The quantitative estimate of drug-likeness (QED) is 0.812. The summed E-state index contributed by atoms with van der Waals surface area (Å²) in [5.74, 6) is 0.773. The minimum absolute atomic E-state index is 0.156. The van der Waals surface area contributed by atoms with Crippen LogP contribution in [0, 0.1) is 0 Å². The zero-order valence-corrected chi connectivity index (χ0v) is 10.6. The summed E-state index contributed by atoms with van der Waals surface area (Å²) in [7, 11) is 1.72. The van der Waals surface area contributed by atoms with Gasteiger partial charge in [0.1, 0.15) is 5.76 Å². The molecule has 0 bridgehead atoms. The van der Waals surface area contributed by atoms with E-state index in [4.69, 9.17) is 14.9 Å². The number of hydrogen-bond acceptors (Lipinski definition) is 4. The Kier molecular flexibility index (Phi) is 5.18. The molecule has 1 heterocycles. The maximum atomic E-state index is 11.9. The van der Waals surface area contributed by atoms with Crippen LogP contribution in [-0.4, -0.2) is 37.1 Å². The minimum atomic E-state index is -0.156. The third-order valence-electron chi connectivity index (χ3n) is 2.30. The lowest BCUT2D eigenvalue weighted by Gasteiger charge is -2.16. The molecule has 1 aromatic rings. The van der Waals surface area contributed by atoms with Gasteiger partial charge in [0, 0.05) is 13.6 Å². The van der Waals surface area contributed by atoms with Crippen molar-refractivity contribution in [1.29, 1.82) is 0 Å². The third kappa shape index (κ3) is 4.20.